The molecule has 0 aliphatic carbocycles. The number of aromatic nitrogens is 3. The van der Waals surface area contributed by atoms with Gasteiger partial charge < -0.3 is 130 Å². The predicted molar refractivity (Wildman–Crippen MR) is 334 cm³/mol. The second kappa shape index (κ2) is 48.1. The number of guanidine groups is 2. The average Bonchev–Trinajstić information content (AvgIpc) is 1.22. The molecule has 2 aliphatic rings. The van der Waals surface area contributed by atoms with E-state index in [1.54, 1.807) is 24.7 Å². The van der Waals surface area contributed by atoms with Crippen molar-refractivity contribution in [2.45, 2.75) is 95.5 Å². The van der Waals surface area contributed by atoms with Crippen LogP contribution in [-0.4, -0.2) is 336 Å². The Morgan fingerprint density at radius 3 is 1.29 bits per heavy atom. The summed E-state index contributed by atoms with van der Waals surface area (Å²) in [5, 5.41) is 68.8. The molecule has 3 rings (SSSR count). The fourth-order valence-electron chi connectivity index (χ4n) is 8.91. The van der Waals surface area contributed by atoms with Crippen molar-refractivity contribution in [1.29, 1.82) is 0 Å². The van der Waals surface area contributed by atoms with E-state index in [4.69, 9.17) is 89.3 Å². The van der Waals surface area contributed by atoms with Crippen molar-refractivity contribution >= 4 is 41.8 Å². The molecule has 37 heteroatoms. The summed E-state index contributed by atoms with van der Waals surface area (Å²) < 4.78 is 80.6. The Morgan fingerprint density at radius 1 is 0.558 bits per heavy atom. The van der Waals surface area contributed by atoms with E-state index in [1.165, 1.54) is 26.2 Å². The first kappa shape index (κ1) is 82.5. The highest BCUT2D eigenvalue weighted by Crippen LogP contribution is 2.32. The van der Waals surface area contributed by atoms with Crippen LogP contribution in [0.3, 0.4) is 0 Å². The zero-order valence-corrected chi connectivity index (χ0v) is 55.0. The van der Waals surface area contributed by atoms with Gasteiger partial charge in [-0.2, -0.15) is 0 Å². The molecule has 0 saturated heterocycles. The Kier molecular flexibility index (Phi) is 41.8. The van der Waals surface area contributed by atoms with Crippen molar-refractivity contribution < 1.29 is 121 Å². The van der Waals surface area contributed by atoms with Gasteiger partial charge in [0.1, 0.15) is 35.9 Å². The monoisotopic (exact) mass is 1370 g/mol. The molecule has 10 atom stereocenters. The predicted octanol–water partition coefficient (Wildman–Crippen LogP) is -3.51. The molecule has 14 N–H and O–H groups in total. The van der Waals surface area contributed by atoms with Gasteiger partial charge in [-0.1, -0.05) is 26.0 Å². The SMILES string of the molecule is CCC(=O)CCOCCOCCOCCOCCn1cc(COCCOCCOCCOCCN(CCOCCN(C)C(=O)OC([C@H](O)CO)[C@@H]2OC(C(=O)O)=C[C@H](N=C(N)N)[C@H]2C)CCOCCN(C)C(=O)O[C@@H]([C@@H]2OC(C(=O)O)=C[C@H](N=C(N)N)[C@H]2C)[C@H](O)CO)nn1. The number of aliphatic hydroxyl groups excluding tert-OH is 4. The van der Waals surface area contributed by atoms with E-state index in [1.807, 2.05) is 11.8 Å². The van der Waals surface area contributed by atoms with Gasteiger partial charge in [0.15, 0.2) is 24.1 Å². The molecule has 2 aliphatic heterocycles. The molecule has 0 saturated carbocycles. The third kappa shape index (κ3) is 33.7. The Morgan fingerprint density at radius 2 is 0.916 bits per heavy atom. The van der Waals surface area contributed by atoms with E-state index >= 15 is 0 Å². The van der Waals surface area contributed by atoms with E-state index < -0.39 is 109 Å². The lowest BCUT2D eigenvalue weighted by Gasteiger charge is -2.38. The molecular formula is C58H102N12O25. The number of likely N-dealkylation sites (N-methyl/N-ethyl adjacent to an activating group) is 2. The lowest BCUT2D eigenvalue weighted by Crippen LogP contribution is -2.52. The van der Waals surface area contributed by atoms with Crippen LogP contribution in [0, 0.1) is 11.8 Å². The minimum absolute atomic E-state index is 0.00989. The first-order valence-corrected chi connectivity index (χ1v) is 31.3. The van der Waals surface area contributed by atoms with Crippen molar-refractivity contribution in [3.8, 4) is 0 Å². The number of nitrogens with two attached hydrogens (primary N) is 4. The summed E-state index contributed by atoms with van der Waals surface area (Å²) in [6.07, 6.45) is -5.79. The van der Waals surface area contributed by atoms with Crippen LogP contribution in [0.4, 0.5) is 9.59 Å². The second-order valence-corrected chi connectivity index (χ2v) is 21.7. The molecule has 0 radical (unpaired) electrons. The van der Waals surface area contributed by atoms with Crippen molar-refractivity contribution in [1.82, 2.24) is 29.7 Å². The molecule has 2 amide bonds. The number of aliphatic carboxylic acids is 2. The summed E-state index contributed by atoms with van der Waals surface area (Å²) in [4.78, 5) is 74.1. The number of aliphatic imine (C=N–C) groups is 2. The van der Waals surface area contributed by atoms with Gasteiger partial charge in [0.05, 0.1) is 170 Å². The van der Waals surface area contributed by atoms with Gasteiger partial charge in [-0.15, -0.1) is 5.10 Å². The molecule has 0 bridgehead atoms. The van der Waals surface area contributed by atoms with Crippen LogP contribution in [0.25, 0.3) is 0 Å². The Bertz CT molecular complexity index is 2360. The molecule has 1 aromatic rings. The fourth-order valence-corrected chi connectivity index (χ4v) is 8.91. The molecule has 0 aromatic carbocycles. The third-order valence-corrected chi connectivity index (χ3v) is 14.4. The molecule has 3 heterocycles. The number of rotatable bonds is 54. The van der Waals surface area contributed by atoms with Gasteiger partial charge in [0.2, 0.25) is 11.5 Å². The largest absolute Gasteiger partial charge is 0.479 e. The fraction of sp³-hybridized carbons (Fsp3) is 0.776. The number of carboxylic acid groups (broad SMARTS) is 2. The molecule has 0 spiro atoms. The maximum Gasteiger partial charge on any atom is 0.410 e. The van der Waals surface area contributed by atoms with Crippen molar-refractivity contribution in [2.24, 2.45) is 44.8 Å². The van der Waals surface area contributed by atoms with Crippen LogP contribution in [0.5, 0.6) is 0 Å². The molecular weight excluding hydrogens is 1260 g/mol. The van der Waals surface area contributed by atoms with E-state index in [0.29, 0.717) is 137 Å². The number of hydrogen-bond donors (Lipinski definition) is 10. The van der Waals surface area contributed by atoms with E-state index in [9.17, 15) is 54.6 Å². The second-order valence-electron chi connectivity index (χ2n) is 21.7. The molecule has 544 valence electrons. The lowest BCUT2D eigenvalue weighted by atomic mass is 9.87. The quantitative estimate of drug-likeness (QED) is 0.0172. The van der Waals surface area contributed by atoms with Crippen LogP contribution in [0.1, 0.15) is 39.3 Å². The first-order chi connectivity index (χ1) is 45.6. The number of aliphatic hydroxyl groups is 4. The number of amides is 2. The van der Waals surface area contributed by atoms with Gasteiger partial charge in [-0.3, -0.25) is 9.69 Å². The number of hydrogen-bond acceptors (Lipinski definition) is 28. The van der Waals surface area contributed by atoms with Gasteiger partial charge in [-0.05, 0) is 12.2 Å². The van der Waals surface area contributed by atoms with Crippen molar-refractivity contribution in [3.63, 3.8) is 0 Å². The number of ketones is 1. The maximum atomic E-state index is 13.3. The van der Waals surface area contributed by atoms with Crippen molar-refractivity contribution in [2.75, 3.05) is 186 Å². The van der Waals surface area contributed by atoms with Crippen molar-refractivity contribution in [3.05, 3.63) is 35.6 Å². The van der Waals surface area contributed by atoms with E-state index in [-0.39, 0.29) is 70.4 Å². The standard InChI is InChI=1S/C58H102N12O25/c1-6-42(73)7-14-82-21-24-87-27-28-89-26-23-86-20-13-70-35-41(65-66-70)38-91-32-31-90-30-29-88-25-22-85-19-12-69(10-17-83-15-8-67(4)57(80)94-51(45(74)36-71)49-39(2)43(63-55(59)60)33-47(92-49)53(76)77)11-18-84-16-9-68(5)58(81)95-52(46(75)37-72)50-40(3)44(64-56(61)62)34-48(93-50)54(78)79/h33-35,39-40,43-46,49-52,71-72,74-75H,6-32,36-38H2,1-5H3,(H,76,77)(H,78,79)(H4,59,60,63)(H4,61,62,64)/t39-,40-,43+,44+,45-,46-,49-,50-,51-,52?/m1/s1. The summed E-state index contributed by atoms with van der Waals surface area (Å²) in [6, 6.07) is -1.85. The summed E-state index contributed by atoms with van der Waals surface area (Å²) in [5.41, 5.74) is 22.9. The molecule has 37 nitrogen and oxygen atoms in total. The number of carbonyl (C=O) groups is 5. The summed E-state index contributed by atoms with van der Waals surface area (Å²) in [7, 11) is 2.83. The summed E-state index contributed by atoms with van der Waals surface area (Å²) in [5.74, 6) is -5.95. The number of carboxylic acids is 2. The molecule has 95 heavy (non-hydrogen) atoms. The van der Waals surface area contributed by atoms with Gasteiger partial charge in [-0.25, -0.2) is 33.8 Å². The van der Waals surface area contributed by atoms with E-state index in [0.717, 1.165) is 9.80 Å². The van der Waals surface area contributed by atoms with Crippen LogP contribution in [-0.2, 0) is 93.9 Å². The lowest BCUT2D eigenvalue weighted by molar-refractivity contribution is -0.148. The molecule has 1 aromatic heterocycles. The van der Waals surface area contributed by atoms with Crippen LogP contribution in [0.15, 0.2) is 39.9 Å². The summed E-state index contributed by atoms with van der Waals surface area (Å²) in [6.45, 7) is 11.3. The molecule has 0 fully saturated rings. The zero-order chi connectivity index (χ0) is 69.9. The molecule has 1 unspecified atom stereocenters. The zero-order valence-electron chi connectivity index (χ0n) is 55.0. The Labute approximate surface area is 552 Å². The minimum Gasteiger partial charge on any atom is -0.479 e. The van der Waals surface area contributed by atoms with Crippen LogP contribution in [0.2, 0.25) is 0 Å². The van der Waals surface area contributed by atoms with Crippen LogP contribution >= 0.6 is 0 Å². The highest BCUT2D eigenvalue weighted by Gasteiger charge is 2.46. The Hall–Kier alpha value is -6.69. The highest BCUT2D eigenvalue weighted by molar-refractivity contribution is 5.85. The van der Waals surface area contributed by atoms with Gasteiger partial charge >= 0.3 is 24.1 Å². The van der Waals surface area contributed by atoms with Gasteiger partial charge in [0, 0.05) is 71.5 Å². The van der Waals surface area contributed by atoms with Gasteiger partial charge in [0.25, 0.3) is 0 Å². The number of nitrogens with zero attached hydrogens (tertiary/aromatic N) is 8. The first-order valence-electron chi connectivity index (χ1n) is 31.3. The number of Topliss-reactive ketones (excluding diaryl/α,β-unsaturated/α-hetero) is 1. The normalized spacial score (nSPS) is 19.1. The number of ether oxygens (including phenoxy) is 14. The average molecular weight is 1370 g/mol. The topological polar surface area (TPSA) is 505 Å². The minimum atomic E-state index is -1.68. The Balaban J connectivity index is 1.41. The number of carbonyl (C=O) groups excluding carboxylic acids is 3. The van der Waals surface area contributed by atoms with E-state index in [2.05, 4.69) is 20.3 Å². The summed E-state index contributed by atoms with van der Waals surface area (Å²) >= 11 is 0. The highest BCUT2D eigenvalue weighted by atomic mass is 16.6. The third-order valence-electron chi connectivity index (χ3n) is 14.4. The van der Waals surface area contributed by atoms with Crippen LogP contribution < -0.4 is 22.9 Å². The smallest absolute Gasteiger partial charge is 0.410 e. The maximum absolute atomic E-state index is 13.3.